The molecule has 0 radical (unpaired) electrons. The lowest BCUT2D eigenvalue weighted by molar-refractivity contribution is -0.141. The molecule has 24 heavy (non-hydrogen) atoms. The Labute approximate surface area is 139 Å². The first-order valence-corrected chi connectivity index (χ1v) is 7.24. The predicted octanol–water partition coefficient (Wildman–Crippen LogP) is 1.72. The summed E-state index contributed by atoms with van der Waals surface area (Å²) in [7, 11) is 1.42. The number of esters is 1. The number of rotatable bonds is 8. The summed E-state index contributed by atoms with van der Waals surface area (Å²) in [5.41, 5.74) is 0.736. The van der Waals surface area contributed by atoms with E-state index in [2.05, 4.69) is 6.58 Å². The fourth-order valence-electron chi connectivity index (χ4n) is 2.38. The van der Waals surface area contributed by atoms with Gasteiger partial charge in [0.1, 0.15) is 23.7 Å². The number of ether oxygens (including phenoxy) is 4. The van der Waals surface area contributed by atoms with Gasteiger partial charge in [0.25, 0.3) is 0 Å². The van der Waals surface area contributed by atoms with E-state index in [4.69, 9.17) is 18.9 Å². The van der Waals surface area contributed by atoms with Crippen molar-refractivity contribution in [3.05, 3.63) is 35.4 Å². The molecule has 0 aliphatic carbocycles. The molecule has 0 spiro atoms. The van der Waals surface area contributed by atoms with Gasteiger partial charge in [0.2, 0.25) is 5.78 Å². The molecule has 1 aliphatic heterocycles. The highest BCUT2D eigenvalue weighted by molar-refractivity contribution is 6.08. The lowest BCUT2D eigenvalue weighted by atomic mass is 9.95. The Kier molecular flexibility index (Phi) is 5.70. The average Bonchev–Trinajstić information content (AvgIpc) is 2.92. The van der Waals surface area contributed by atoms with Gasteiger partial charge in [0, 0.05) is 18.2 Å². The molecule has 2 rings (SSSR count). The van der Waals surface area contributed by atoms with Gasteiger partial charge in [0.15, 0.2) is 19.2 Å². The van der Waals surface area contributed by atoms with Crippen molar-refractivity contribution >= 4 is 17.5 Å². The van der Waals surface area contributed by atoms with Crippen LogP contribution >= 0.6 is 0 Å². The third-order valence-electron chi connectivity index (χ3n) is 3.37. The van der Waals surface area contributed by atoms with Gasteiger partial charge in [-0.2, -0.15) is 0 Å². The molecule has 7 nitrogen and oxygen atoms in total. The van der Waals surface area contributed by atoms with Crippen molar-refractivity contribution < 1.29 is 33.3 Å². The van der Waals surface area contributed by atoms with Crippen LogP contribution in [0.2, 0.25) is 0 Å². The minimum absolute atomic E-state index is 0.0511. The molecule has 0 unspecified atom stereocenters. The van der Waals surface area contributed by atoms with Crippen molar-refractivity contribution in [2.24, 2.45) is 0 Å². The Hall–Kier alpha value is -2.67. The summed E-state index contributed by atoms with van der Waals surface area (Å²) < 4.78 is 20.6. The Bertz CT molecular complexity index is 691. The van der Waals surface area contributed by atoms with Gasteiger partial charge in [-0.05, 0) is 13.0 Å². The number of carbonyl (C=O) groups is 3. The van der Waals surface area contributed by atoms with E-state index in [1.165, 1.54) is 26.2 Å². The summed E-state index contributed by atoms with van der Waals surface area (Å²) in [5.74, 6) is -0.746. The summed E-state index contributed by atoms with van der Waals surface area (Å²) in [6, 6.07) is 1.46. The molecular formula is C17H18O7. The zero-order valence-electron chi connectivity index (χ0n) is 13.5. The molecule has 1 aromatic rings. The van der Waals surface area contributed by atoms with Gasteiger partial charge >= 0.3 is 5.97 Å². The van der Waals surface area contributed by atoms with Gasteiger partial charge in [-0.15, -0.1) is 0 Å². The number of benzene rings is 1. The lowest BCUT2D eigenvalue weighted by Gasteiger charge is -2.16. The number of ketones is 2. The van der Waals surface area contributed by atoms with E-state index < -0.39 is 5.97 Å². The summed E-state index contributed by atoms with van der Waals surface area (Å²) in [6.07, 6.45) is 1.22. The van der Waals surface area contributed by atoms with Crippen LogP contribution in [0.4, 0.5) is 0 Å². The maximum absolute atomic E-state index is 12.1. The fourth-order valence-corrected chi connectivity index (χ4v) is 2.38. The summed E-state index contributed by atoms with van der Waals surface area (Å²) in [5, 5.41) is 0. The second-order valence-corrected chi connectivity index (χ2v) is 5.07. The average molecular weight is 334 g/mol. The van der Waals surface area contributed by atoms with Gasteiger partial charge in [-0.1, -0.05) is 12.7 Å². The van der Waals surface area contributed by atoms with Gasteiger partial charge in [-0.25, -0.2) is 0 Å². The third kappa shape index (κ3) is 3.62. The normalized spacial score (nSPS) is 12.3. The molecule has 0 saturated carbocycles. The molecule has 0 N–H and O–H groups in total. The fraction of sp³-hybridized carbons (Fsp3) is 0.353. The molecule has 0 fully saturated rings. The highest BCUT2D eigenvalue weighted by atomic mass is 16.7. The Balaban J connectivity index is 2.53. The van der Waals surface area contributed by atoms with Crippen molar-refractivity contribution in [1.82, 2.24) is 0 Å². The maximum Gasteiger partial charge on any atom is 0.310 e. The first-order valence-electron chi connectivity index (χ1n) is 7.24. The first-order chi connectivity index (χ1) is 11.5. The van der Waals surface area contributed by atoms with E-state index >= 15 is 0 Å². The second-order valence-electron chi connectivity index (χ2n) is 5.07. The van der Waals surface area contributed by atoms with Crippen molar-refractivity contribution in [2.45, 2.75) is 13.3 Å². The molecule has 1 heterocycles. The number of carbonyl (C=O) groups excluding carboxylic acids is 3. The zero-order chi connectivity index (χ0) is 17.7. The van der Waals surface area contributed by atoms with Crippen molar-refractivity contribution in [2.75, 3.05) is 27.1 Å². The molecule has 0 bridgehead atoms. The number of hydrogen-bond acceptors (Lipinski definition) is 7. The molecule has 0 aromatic heterocycles. The van der Waals surface area contributed by atoms with Crippen LogP contribution in [0.25, 0.3) is 0 Å². The summed E-state index contributed by atoms with van der Waals surface area (Å²) >= 11 is 0. The molecule has 0 saturated heterocycles. The van der Waals surface area contributed by atoms with Crippen LogP contribution in [0, 0.1) is 0 Å². The van der Waals surface area contributed by atoms with E-state index in [1.54, 1.807) is 0 Å². The van der Waals surface area contributed by atoms with E-state index in [9.17, 15) is 14.4 Å². The van der Waals surface area contributed by atoms with Crippen LogP contribution in [0.5, 0.6) is 11.5 Å². The molecule has 7 heteroatoms. The van der Waals surface area contributed by atoms with Crippen LogP contribution in [0.1, 0.15) is 33.2 Å². The van der Waals surface area contributed by atoms with E-state index in [-0.39, 0.29) is 66.2 Å². The number of Topliss-reactive ketones (excluding diaryl/α,β-unsaturated/α-hetero) is 2. The number of methoxy groups -OCH3 is 1. The maximum atomic E-state index is 12.1. The Morgan fingerprint density at radius 2 is 2.17 bits per heavy atom. The minimum atomic E-state index is -0.564. The largest absolute Gasteiger partial charge is 0.485 e. The van der Waals surface area contributed by atoms with Crippen molar-refractivity contribution in [3.8, 4) is 11.5 Å². The van der Waals surface area contributed by atoms with Crippen LogP contribution in [0.15, 0.2) is 18.7 Å². The van der Waals surface area contributed by atoms with Crippen LogP contribution in [-0.4, -0.2) is 44.7 Å². The highest BCUT2D eigenvalue weighted by Gasteiger charge is 2.32. The summed E-state index contributed by atoms with van der Waals surface area (Å²) in [6.45, 7) is 4.59. The monoisotopic (exact) mass is 334 g/mol. The van der Waals surface area contributed by atoms with Crippen molar-refractivity contribution in [1.29, 1.82) is 0 Å². The second kappa shape index (κ2) is 7.74. The van der Waals surface area contributed by atoms with E-state index in [0.717, 1.165) is 0 Å². The molecule has 128 valence electrons. The molecule has 0 amide bonds. The zero-order valence-corrected chi connectivity index (χ0v) is 13.5. The topological polar surface area (TPSA) is 88.1 Å². The minimum Gasteiger partial charge on any atom is -0.485 e. The molecule has 1 aromatic carbocycles. The Morgan fingerprint density at radius 1 is 1.42 bits per heavy atom. The quantitative estimate of drug-likeness (QED) is 0.309. The Morgan fingerprint density at radius 3 is 2.79 bits per heavy atom. The predicted molar refractivity (Wildman–Crippen MR) is 83.6 cm³/mol. The van der Waals surface area contributed by atoms with Crippen molar-refractivity contribution in [3.63, 3.8) is 0 Å². The molecule has 0 atom stereocenters. The van der Waals surface area contributed by atoms with E-state index in [0.29, 0.717) is 0 Å². The summed E-state index contributed by atoms with van der Waals surface area (Å²) in [4.78, 5) is 36.0. The number of hydrogen-bond donors (Lipinski definition) is 0. The first kappa shape index (κ1) is 17.7. The van der Waals surface area contributed by atoms with Crippen LogP contribution in [-0.2, 0) is 20.7 Å². The van der Waals surface area contributed by atoms with Gasteiger partial charge in [-0.3, -0.25) is 14.4 Å². The molecular weight excluding hydrogens is 316 g/mol. The smallest absolute Gasteiger partial charge is 0.310 e. The van der Waals surface area contributed by atoms with Crippen LogP contribution < -0.4 is 9.47 Å². The lowest BCUT2D eigenvalue weighted by Crippen LogP contribution is -2.15. The molecule has 1 aliphatic rings. The SMILES string of the molecule is C=CCOC(=O)Cc1c(C(C)=O)cc2c(c1OCOC)C(=O)CO2. The highest BCUT2D eigenvalue weighted by Crippen LogP contribution is 2.39. The standard InChI is InChI=1S/C17H18O7/c1-4-5-22-15(20)7-12-11(10(2)18)6-14-16(13(19)8-23-14)17(12)24-9-21-3/h4,6H,1,5,7-9H2,2-3H3. The number of fused-ring (bicyclic) bond motifs is 1. The van der Waals surface area contributed by atoms with E-state index in [1.807, 2.05) is 0 Å². The van der Waals surface area contributed by atoms with Gasteiger partial charge in [0.05, 0.1) is 6.42 Å². The third-order valence-corrected chi connectivity index (χ3v) is 3.37. The van der Waals surface area contributed by atoms with Gasteiger partial charge < -0.3 is 18.9 Å². The van der Waals surface area contributed by atoms with Crippen LogP contribution in [0.3, 0.4) is 0 Å².